The van der Waals surface area contributed by atoms with Crippen LogP contribution >= 0.6 is 0 Å². The zero-order valence-electron chi connectivity index (χ0n) is 12.0. The second-order valence-electron chi connectivity index (χ2n) is 5.50. The number of benzene rings is 1. The molecule has 0 saturated carbocycles. The smallest absolute Gasteiger partial charge is 0.379 e. The maximum absolute atomic E-state index is 11.8. The number of carbonyl (C=O) groups is 2. The second-order valence-corrected chi connectivity index (χ2v) is 5.50. The summed E-state index contributed by atoms with van der Waals surface area (Å²) in [6.07, 6.45) is 0. The molecule has 0 aliphatic heterocycles. The fourth-order valence-corrected chi connectivity index (χ4v) is 1.70. The minimum atomic E-state index is -0.855. The van der Waals surface area contributed by atoms with Crippen LogP contribution in [-0.2, 0) is 14.9 Å². The van der Waals surface area contributed by atoms with Gasteiger partial charge in [-0.25, -0.2) is 9.78 Å². The molecule has 0 unspecified atom stereocenters. The SMILES string of the molecule is CCOC(=O)C(=O)c1ccc2oc(C(C)(C)C)nc2c1. The van der Waals surface area contributed by atoms with Gasteiger partial charge in [-0.2, -0.15) is 0 Å². The number of hydrogen-bond donors (Lipinski definition) is 0. The number of Topliss-reactive ketones (excluding diaryl/α,β-unsaturated/α-hetero) is 1. The van der Waals surface area contributed by atoms with Crippen molar-refractivity contribution in [2.24, 2.45) is 0 Å². The molecule has 0 aliphatic rings. The highest BCUT2D eigenvalue weighted by atomic mass is 16.5. The lowest BCUT2D eigenvalue weighted by molar-refractivity contribution is -0.137. The molecule has 0 N–H and O–H groups in total. The van der Waals surface area contributed by atoms with Gasteiger partial charge in [-0.3, -0.25) is 4.79 Å². The van der Waals surface area contributed by atoms with Crippen LogP contribution in [0.2, 0.25) is 0 Å². The molecule has 2 aromatic rings. The monoisotopic (exact) mass is 275 g/mol. The molecule has 106 valence electrons. The van der Waals surface area contributed by atoms with E-state index < -0.39 is 11.8 Å². The van der Waals surface area contributed by atoms with Crippen LogP contribution < -0.4 is 0 Å². The topological polar surface area (TPSA) is 69.4 Å². The first-order valence-electron chi connectivity index (χ1n) is 6.45. The third kappa shape index (κ3) is 2.71. The van der Waals surface area contributed by atoms with Crippen LogP contribution in [-0.4, -0.2) is 23.3 Å². The zero-order valence-corrected chi connectivity index (χ0v) is 12.0. The van der Waals surface area contributed by atoms with Crippen LogP contribution in [0.5, 0.6) is 0 Å². The molecule has 0 atom stereocenters. The van der Waals surface area contributed by atoms with Crippen molar-refractivity contribution < 1.29 is 18.7 Å². The zero-order chi connectivity index (χ0) is 14.9. The summed E-state index contributed by atoms with van der Waals surface area (Å²) in [4.78, 5) is 27.6. The van der Waals surface area contributed by atoms with Crippen molar-refractivity contribution in [1.29, 1.82) is 0 Å². The highest BCUT2D eigenvalue weighted by Crippen LogP contribution is 2.26. The number of ether oxygens (including phenoxy) is 1. The first kappa shape index (κ1) is 14.2. The Hall–Kier alpha value is -2.17. The number of aromatic nitrogens is 1. The van der Waals surface area contributed by atoms with Gasteiger partial charge in [0.25, 0.3) is 5.78 Å². The normalized spacial score (nSPS) is 11.6. The van der Waals surface area contributed by atoms with Crippen LogP contribution in [0.1, 0.15) is 43.9 Å². The highest BCUT2D eigenvalue weighted by Gasteiger charge is 2.23. The molecular weight excluding hydrogens is 258 g/mol. The van der Waals surface area contributed by atoms with E-state index in [0.717, 1.165) is 0 Å². The maximum atomic E-state index is 11.8. The van der Waals surface area contributed by atoms with Crippen LogP contribution in [0.4, 0.5) is 0 Å². The number of ketones is 1. The van der Waals surface area contributed by atoms with Crippen molar-refractivity contribution in [3.05, 3.63) is 29.7 Å². The van der Waals surface area contributed by atoms with E-state index in [1.54, 1.807) is 25.1 Å². The average molecular weight is 275 g/mol. The van der Waals surface area contributed by atoms with E-state index in [4.69, 9.17) is 9.15 Å². The maximum Gasteiger partial charge on any atom is 0.379 e. The molecule has 0 spiro atoms. The third-order valence-corrected chi connectivity index (χ3v) is 2.75. The van der Waals surface area contributed by atoms with E-state index in [1.165, 1.54) is 0 Å². The fourth-order valence-electron chi connectivity index (χ4n) is 1.70. The Morgan fingerprint density at radius 3 is 2.60 bits per heavy atom. The molecule has 5 heteroatoms. The van der Waals surface area contributed by atoms with Gasteiger partial charge in [0.15, 0.2) is 5.58 Å². The van der Waals surface area contributed by atoms with E-state index >= 15 is 0 Å². The lowest BCUT2D eigenvalue weighted by Gasteiger charge is -2.11. The Kier molecular flexibility index (Phi) is 3.61. The minimum absolute atomic E-state index is 0.172. The van der Waals surface area contributed by atoms with Crippen LogP contribution in [0, 0.1) is 0 Å². The summed E-state index contributed by atoms with van der Waals surface area (Å²) in [5, 5.41) is 0. The number of hydrogen-bond acceptors (Lipinski definition) is 5. The molecule has 0 fully saturated rings. The summed E-state index contributed by atoms with van der Waals surface area (Å²) in [6, 6.07) is 4.73. The molecule has 1 aromatic carbocycles. The Morgan fingerprint density at radius 1 is 1.30 bits per heavy atom. The number of oxazole rings is 1. The Bertz CT molecular complexity index is 664. The third-order valence-electron chi connectivity index (χ3n) is 2.75. The van der Waals surface area contributed by atoms with Gasteiger partial charge in [0.1, 0.15) is 5.52 Å². The van der Waals surface area contributed by atoms with Crippen molar-refractivity contribution in [2.45, 2.75) is 33.1 Å². The Morgan fingerprint density at radius 2 is 2.00 bits per heavy atom. The quantitative estimate of drug-likeness (QED) is 0.489. The van der Waals surface area contributed by atoms with Crippen LogP contribution in [0.3, 0.4) is 0 Å². The molecule has 2 rings (SSSR count). The van der Waals surface area contributed by atoms with E-state index in [2.05, 4.69) is 4.98 Å². The predicted octanol–water partition coefficient (Wildman–Crippen LogP) is 2.87. The van der Waals surface area contributed by atoms with E-state index in [9.17, 15) is 9.59 Å². The number of fused-ring (bicyclic) bond motifs is 1. The molecule has 0 bridgehead atoms. The number of rotatable bonds is 3. The first-order chi connectivity index (χ1) is 9.32. The summed E-state index contributed by atoms with van der Waals surface area (Å²) < 4.78 is 10.3. The average Bonchev–Trinajstić information content (AvgIpc) is 2.80. The molecule has 0 aliphatic carbocycles. The number of carbonyl (C=O) groups excluding carboxylic acids is 2. The summed E-state index contributed by atoms with van der Waals surface area (Å²) in [7, 11) is 0. The number of nitrogens with zero attached hydrogens (tertiary/aromatic N) is 1. The van der Waals surface area contributed by atoms with Crippen molar-refractivity contribution in [3.63, 3.8) is 0 Å². The standard InChI is InChI=1S/C15H17NO4/c1-5-19-13(18)12(17)9-6-7-11-10(8-9)16-14(20-11)15(2,3)4/h6-8H,5H2,1-4H3. The summed E-state index contributed by atoms with van der Waals surface area (Å²) >= 11 is 0. The summed E-state index contributed by atoms with van der Waals surface area (Å²) in [6.45, 7) is 7.79. The lowest BCUT2D eigenvalue weighted by atomic mass is 9.97. The Balaban J connectivity index is 2.39. The van der Waals surface area contributed by atoms with E-state index in [-0.39, 0.29) is 17.6 Å². The van der Waals surface area contributed by atoms with E-state index in [1.807, 2.05) is 20.8 Å². The van der Waals surface area contributed by atoms with Gasteiger partial charge in [0.05, 0.1) is 6.61 Å². The predicted molar refractivity (Wildman–Crippen MR) is 73.7 cm³/mol. The van der Waals surface area contributed by atoms with Crippen molar-refractivity contribution in [1.82, 2.24) is 4.98 Å². The van der Waals surface area contributed by atoms with Gasteiger partial charge < -0.3 is 9.15 Å². The van der Waals surface area contributed by atoms with Gasteiger partial charge in [-0.05, 0) is 25.1 Å². The summed E-state index contributed by atoms with van der Waals surface area (Å²) in [5.74, 6) is -0.936. The van der Waals surface area contributed by atoms with Crippen LogP contribution in [0.15, 0.2) is 22.6 Å². The lowest BCUT2D eigenvalue weighted by Crippen LogP contribution is -2.17. The minimum Gasteiger partial charge on any atom is -0.460 e. The molecule has 5 nitrogen and oxygen atoms in total. The molecule has 0 radical (unpaired) electrons. The fraction of sp³-hybridized carbons (Fsp3) is 0.400. The van der Waals surface area contributed by atoms with Gasteiger partial charge in [0.2, 0.25) is 5.89 Å². The number of esters is 1. The molecule has 20 heavy (non-hydrogen) atoms. The summed E-state index contributed by atoms with van der Waals surface area (Å²) in [5.41, 5.74) is 1.19. The molecule has 0 amide bonds. The second kappa shape index (κ2) is 5.07. The van der Waals surface area contributed by atoms with Gasteiger partial charge >= 0.3 is 5.97 Å². The van der Waals surface area contributed by atoms with Gasteiger partial charge in [0, 0.05) is 11.0 Å². The van der Waals surface area contributed by atoms with Crippen LogP contribution in [0.25, 0.3) is 11.1 Å². The molecule has 1 aromatic heterocycles. The van der Waals surface area contributed by atoms with Crippen molar-refractivity contribution in [2.75, 3.05) is 6.61 Å². The molecule has 1 heterocycles. The van der Waals surface area contributed by atoms with Crippen molar-refractivity contribution in [3.8, 4) is 0 Å². The van der Waals surface area contributed by atoms with Gasteiger partial charge in [-0.1, -0.05) is 20.8 Å². The van der Waals surface area contributed by atoms with Gasteiger partial charge in [-0.15, -0.1) is 0 Å². The molecular formula is C15H17NO4. The highest BCUT2D eigenvalue weighted by molar-refractivity contribution is 6.40. The first-order valence-corrected chi connectivity index (χ1v) is 6.45. The largest absolute Gasteiger partial charge is 0.460 e. The Labute approximate surface area is 116 Å². The van der Waals surface area contributed by atoms with Crippen molar-refractivity contribution >= 4 is 22.9 Å². The molecule has 0 saturated heterocycles. The van der Waals surface area contributed by atoms with E-state index in [0.29, 0.717) is 17.0 Å².